The van der Waals surface area contributed by atoms with Crippen molar-refractivity contribution in [2.45, 2.75) is 19.4 Å². The van der Waals surface area contributed by atoms with E-state index >= 15 is 0 Å². The quantitative estimate of drug-likeness (QED) is 0.830. The number of carbonyl (C=O) groups is 1. The molecule has 0 radical (unpaired) electrons. The van der Waals surface area contributed by atoms with E-state index in [9.17, 15) is 4.79 Å². The van der Waals surface area contributed by atoms with Gasteiger partial charge >= 0.3 is 0 Å². The van der Waals surface area contributed by atoms with Crippen molar-refractivity contribution in [1.82, 2.24) is 9.88 Å². The average molecular weight is 300 g/mol. The monoisotopic (exact) mass is 300 g/mol. The number of nitrogens with zero attached hydrogens (tertiary/aromatic N) is 4. The van der Waals surface area contributed by atoms with E-state index in [0.717, 1.165) is 25.3 Å². The Morgan fingerprint density at radius 1 is 1.45 bits per heavy atom. The molecule has 1 saturated heterocycles. The van der Waals surface area contributed by atoms with Crippen molar-refractivity contribution < 1.29 is 9.53 Å². The first-order chi connectivity index (χ1) is 10.7. The molecule has 3 rings (SSSR count). The third kappa shape index (κ3) is 3.04. The van der Waals surface area contributed by atoms with Crippen LogP contribution in [0.1, 0.15) is 18.9 Å². The number of carbonyl (C=O) groups excluding carboxylic acids is 1. The summed E-state index contributed by atoms with van der Waals surface area (Å²) in [6, 6.07) is 5.62. The highest BCUT2D eigenvalue weighted by atomic mass is 16.5. The number of hydrogen-bond acceptors (Lipinski definition) is 5. The predicted molar refractivity (Wildman–Crippen MR) is 81.3 cm³/mol. The number of rotatable bonds is 4. The lowest BCUT2D eigenvalue weighted by Crippen LogP contribution is -2.49. The molecular formula is C16H20N4O2. The molecule has 0 N–H and O–H groups in total. The van der Waals surface area contributed by atoms with Gasteiger partial charge in [-0.15, -0.1) is 0 Å². The van der Waals surface area contributed by atoms with E-state index in [1.807, 2.05) is 11.8 Å². The van der Waals surface area contributed by atoms with Gasteiger partial charge < -0.3 is 14.5 Å². The summed E-state index contributed by atoms with van der Waals surface area (Å²) in [6.45, 7) is 5.53. The lowest BCUT2D eigenvalue weighted by molar-refractivity contribution is -0.133. The van der Waals surface area contributed by atoms with Crippen LogP contribution in [0.25, 0.3) is 0 Å². The summed E-state index contributed by atoms with van der Waals surface area (Å²) < 4.78 is 5.49. The fourth-order valence-corrected chi connectivity index (χ4v) is 2.88. The SMILES string of the molecule is CCOC1CC1C(=O)N1CCN(c2cc(C#N)ccn2)CC1. The van der Waals surface area contributed by atoms with Crippen LogP contribution in [0.2, 0.25) is 0 Å². The smallest absolute Gasteiger partial charge is 0.228 e. The molecule has 2 atom stereocenters. The number of piperazine rings is 1. The Morgan fingerprint density at radius 2 is 2.23 bits per heavy atom. The van der Waals surface area contributed by atoms with Crippen molar-refractivity contribution in [3.63, 3.8) is 0 Å². The summed E-state index contributed by atoms with van der Waals surface area (Å²) in [5.74, 6) is 1.09. The van der Waals surface area contributed by atoms with Gasteiger partial charge in [0.25, 0.3) is 0 Å². The minimum Gasteiger partial charge on any atom is -0.378 e. The van der Waals surface area contributed by atoms with Gasteiger partial charge in [-0.1, -0.05) is 0 Å². The molecule has 0 aromatic carbocycles. The van der Waals surface area contributed by atoms with Crippen molar-refractivity contribution in [3.05, 3.63) is 23.9 Å². The molecule has 1 aliphatic heterocycles. The van der Waals surface area contributed by atoms with Crippen LogP contribution in [0.4, 0.5) is 5.82 Å². The van der Waals surface area contributed by atoms with Crippen LogP contribution in [0.15, 0.2) is 18.3 Å². The zero-order valence-corrected chi connectivity index (χ0v) is 12.7. The number of hydrogen-bond donors (Lipinski definition) is 0. The molecule has 0 spiro atoms. The van der Waals surface area contributed by atoms with Crippen molar-refractivity contribution in [3.8, 4) is 6.07 Å². The summed E-state index contributed by atoms with van der Waals surface area (Å²) >= 11 is 0. The topological polar surface area (TPSA) is 69.5 Å². The molecule has 1 aromatic rings. The van der Waals surface area contributed by atoms with E-state index in [1.165, 1.54) is 0 Å². The van der Waals surface area contributed by atoms with Crippen LogP contribution in [-0.2, 0) is 9.53 Å². The molecule has 1 aliphatic carbocycles. The first-order valence-electron chi connectivity index (χ1n) is 7.74. The molecule has 2 unspecified atom stereocenters. The normalized spacial score (nSPS) is 24.0. The number of nitriles is 1. The van der Waals surface area contributed by atoms with Gasteiger partial charge in [-0.2, -0.15) is 5.26 Å². The van der Waals surface area contributed by atoms with Gasteiger partial charge in [0.2, 0.25) is 5.91 Å². The van der Waals surface area contributed by atoms with Gasteiger partial charge in [0.1, 0.15) is 5.82 Å². The summed E-state index contributed by atoms with van der Waals surface area (Å²) in [4.78, 5) is 20.7. The van der Waals surface area contributed by atoms with Gasteiger partial charge in [-0.05, 0) is 25.5 Å². The maximum Gasteiger partial charge on any atom is 0.228 e. The van der Waals surface area contributed by atoms with Crippen LogP contribution in [0.5, 0.6) is 0 Å². The number of pyridine rings is 1. The highest BCUT2D eigenvalue weighted by Crippen LogP contribution is 2.35. The highest BCUT2D eigenvalue weighted by Gasteiger charge is 2.46. The maximum absolute atomic E-state index is 12.4. The molecular weight excluding hydrogens is 280 g/mol. The molecule has 2 aliphatic rings. The molecule has 1 saturated carbocycles. The van der Waals surface area contributed by atoms with Crippen molar-refractivity contribution >= 4 is 11.7 Å². The van der Waals surface area contributed by atoms with E-state index < -0.39 is 0 Å². The second kappa shape index (κ2) is 6.32. The molecule has 2 heterocycles. The lowest BCUT2D eigenvalue weighted by Gasteiger charge is -2.35. The van der Waals surface area contributed by atoms with Crippen LogP contribution < -0.4 is 4.90 Å². The van der Waals surface area contributed by atoms with Gasteiger partial charge in [0.15, 0.2) is 0 Å². The fourth-order valence-electron chi connectivity index (χ4n) is 2.88. The van der Waals surface area contributed by atoms with E-state index in [2.05, 4.69) is 16.0 Å². The Bertz CT molecular complexity index is 590. The minimum absolute atomic E-state index is 0.0616. The second-order valence-electron chi connectivity index (χ2n) is 5.66. The largest absolute Gasteiger partial charge is 0.378 e. The summed E-state index contributed by atoms with van der Waals surface area (Å²) in [5.41, 5.74) is 0.612. The van der Waals surface area contributed by atoms with Crippen LogP contribution in [0.3, 0.4) is 0 Å². The van der Waals surface area contributed by atoms with Gasteiger partial charge in [0.05, 0.1) is 23.7 Å². The Labute approximate surface area is 130 Å². The Morgan fingerprint density at radius 3 is 2.91 bits per heavy atom. The van der Waals surface area contributed by atoms with Gasteiger partial charge in [-0.25, -0.2) is 4.98 Å². The fraction of sp³-hybridized carbons (Fsp3) is 0.562. The third-order valence-corrected chi connectivity index (χ3v) is 4.22. The van der Waals surface area contributed by atoms with E-state index in [-0.39, 0.29) is 17.9 Å². The summed E-state index contributed by atoms with van der Waals surface area (Å²) in [6.07, 6.45) is 2.64. The van der Waals surface area contributed by atoms with Crippen LogP contribution in [-0.4, -0.2) is 54.7 Å². The number of aromatic nitrogens is 1. The van der Waals surface area contributed by atoms with Crippen molar-refractivity contribution in [2.24, 2.45) is 5.92 Å². The van der Waals surface area contributed by atoms with Crippen molar-refractivity contribution in [2.75, 3.05) is 37.7 Å². The molecule has 2 fully saturated rings. The second-order valence-corrected chi connectivity index (χ2v) is 5.66. The molecule has 1 amide bonds. The lowest BCUT2D eigenvalue weighted by atomic mass is 10.2. The molecule has 116 valence electrons. The first-order valence-corrected chi connectivity index (χ1v) is 7.74. The van der Waals surface area contributed by atoms with E-state index in [1.54, 1.807) is 18.3 Å². The highest BCUT2D eigenvalue weighted by molar-refractivity contribution is 5.82. The molecule has 1 aromatic heterocycles. The summed E-state index contributed by atoms with van der Waals surface area (Å²) in [5, 5.41) is 8.95. The van der Waals surface area contributed by atoms with Crippen LogP contribution >= 0.6 is 0 Å². The third-order valence-electron chi connectivity index (χ3n) is 4.22. The molecule has 6 nitrogen and oxygen atoms in total. The van der Waals surface area contributed by atoms with Crippen LogP contribution in [0, 0.1) is 17.2 Å². The Balaban J connectivity index is 1.54. The minimum atomic E-state index is 0.0616. The standard InChI is InChI=1S/C16H20N4O2/c1-2-22-14-10-13(14)16(21)20-7-5-19(6-8-20)15-9-12(11-17)3-4-18-15/h3-4,9,13-14H,2,5-8,10H2,1H3. The zero-order chi connectivity index (χ0) is 15.5. The first kappa shape index (κ1) is 14.8. The predicted octanol–water partition coefficient (Wildman–Crippen LogP) is 1.03. The number of ether oxygens (including phenoxy) is 1. The summed E-state index contributed by atoms with van der Waals surface area (Å²) in [7, 11) is 0. The molecule has 22 heavy (non-hydrogen) atoms. The van der Waals surface area contributed by atoms with Gasteiger partial charge in [-0.3, -0.25) is 4.79 Å². The molecule has 6 heteroatoms. The Kier molecular flexibility index (Phi) is 4.25. The molecule has 0 bridgehead atoms. The number of amides is 1. The maximum atomic E-state index is 12.4. The van der Waals surface area contributed by atoms with Gasteiger partial charge in [0, 0.05) is 39.0 Å². The van der Waals surface area contributed by atoms with E-state index in [4.69, 9.17) is 10.00 Å². The number of anilines is 1. The zero-order valence-electron chi connectivity index (χ0n) is 12.7. The Hall–Kier alpha value is -2.13. The van der Waals surface area contributed by atoms with E-state index in [0.29, 0.717) is 25.3 Å². The average Bonchev–Trinajstić information content (AvgIpc) is 3.34. The van der Waals surface area contributed by atoms with Crippen molar-refractivity contribution in [1.29, 1.82) is 5.26 Å².